The molecule has 5 unspecified atom stereocenters. The second kappa shape index (κ2) is 75.9. The van der Waals surface area contributed by atoms with E-state index in [1.54, 1.807) is 0 Å². The van der Waals surface area contributed by atoms with Crippen LogP contribution in [0.25, 0.3) is 0 Å². The Bertz CT molecular complexity index is 2590. The maximum atomic E-state index is 13.1. The monoisotopic (exact) mass is 1490 g/mol. The van der Waals surface area contributed by atoms with E-state index in [9.17, 15) is 43.2 Å². The standard InChI is InChI=1S/C85H140O17P2/c1-5-9-13-17-21-25-29-33-36-38-39-41-43-47-50-54-58-62-66-70-83(88)96-76-81(102-85(90)72-68-64-60-56-52-48-44-40-37-34-30-26-22-18-14-10-6-2)78-100-104(93,94)98-74-79(86)73-97-103(91,92)99-77-80(101-84(89)71-67-63-59-55-51-45-32-28-24-20-16-12-8-4)75-95-82(87)69-65-61-57-53-49-46-42-35-31-27-23-19-15-11-7-3/h9-11,13-16,20-23,25-28,32-37,39,41-42,49,53,79-81,86H,5-8,12,17-19,24,29-31,38,40,43-48,50-52,54-78H2,1-4H3,(H,91,92)(H,93,94)/b13-9-,14-10-,15-11-,20-16-,25-21-,26-22-,27-23-,32-28-,36-33-,37-34-,41-39-,42-35-,53-49-. The van der Waals surface area contributed by atoms with Crippen molar-refractivity contribution in [2.24, 2.45) is 0 Å². The minimum absolute atomic E-state index is 0.0648. The zero-order valence-corrected chi connectivity index (χ0v) is 66.4. The first kappa shape index (κ1) is 98.7. The van der Waals surface area contributed by atoms with Crippen LogP contribution in [0.3, 0.4) is 0 Å². The highest BCUT2D eigenvalue weighted by Crippen LogP contribution is 2.45. The maximum Gasteiger partial charge on any atom is 0.472 e. The summed E-state index contributed by atoms with van der Waals surface area (Å²) < 4.78 is 68.6. The van der Waals surface area contributed by atoms with Crippen LogP contribution in [0.2, 0.25) is 0 Å². The molecule has 0 rings (SSSR count). The molecule has 0 amide bonds. The normalized spacial score (nSPS) is 14.7. The zero-order valence-electron chi connectivity index (χ0n) is 64.6. The molecule has 0 aromatic heterocycles. The number of carbonyl (C=O) groups is 4. The number of aliphatic hydroxyl groups is 1. The molecule has 17 nitrogen and oxygen atoms in total. The van der Waals surface area contributed by atoms with Gasteiger partial charge in [0.2, 0.25) is 0 Å². The van der Waals surface area contributed by atoms with E-state index in [0.717, 1.165) is 218 Å². The van der Waals surface area contributed by atoms with Gasteiger partial charge in [-0.1, -0.05) is 269 Å². The summed E-state index contributed by atoms with van der Waals surface area (Å²) in [5.74, 6) is -2.27. The van der Waals surface area contributed by atoms with Crippen molar-refractivity contribution in [2.75, 3.05) is 39.6 Å². The highest BCUT2D eigenvalue weighted by atomic mass is 31.2. The molecule has 0 aliphatic rings. The summed E-state index contributed by atoms with van der Waals surface area (Å²) in [7, 11) is -9.99. The average molecular weight is 1500 g/mol. The van der Waals surface area contributed by atoms with Crippen molar-refractivity contribution in [3.8, 4) is 0 Å². The minimum Gasteiger partial charge on any atom is -0.462 e. The van der Waals surface area contributed by atoms with Gasteiger partial charge in [0.05, 0.1) is 26.4 Å². The highest BCUT2D eigenvalue weighted by molar-refractivity contribution is 7.47. The number of carbonyl (C=O) groups excluding carboxylic acids is 4. The van der Waals surface area contributed by atoms with Crippen LogP contribution in [0.5, 0.6) is 0 Å². The fourth-order valence-corrected chi connectivity index (χ4v) is 11.6. The quantitative estimate of drug-likeness (QED) is 0.0169. The second-order valence-corrected chi connectivity index (χ2v) is 28.8. The van der Waals surface area contributed by atoms with Crippen LogP contribution in [-0.4, -0.2) is 96.7 Å². The van der Waals surface area contributed by atoms with Crippen LogP contribution in [-0.2, 0) is 65.4 Å². The number of ether oxygens (including phenoxy) is 4. The summed E-state index contributed by atoms with van der Waals surface area (Å²) >= 11 is 0. The Morgan fingerprint density at radius 2 is 0.500 bits per heavy atom. The second-order valence-electron chi connectivity index (χ2n) is 25.9. The van der Waals surface area contributed by atoms with Gasteiger partial charge in [-0.3, -0.25) is 37.3 Å². The predicted octanol–water partition coefficient (Wildman–Crippen LogP) is 23.2. The van der Waals surface area contributed by atoms with Crippen molar-refractivity contribution in [1.29, 1.82) is 0 Å². The van der Waals surface area contributed by atoms with Crippen molar-refractivity contribution in [1.82, 2.24) is 0 Å². The summed E-state index contributed by atoms with van der Waals surface area (Å²) in [5.41, 5.74) is 0. The largest absolute Gasteiger partial charge is 0.472 e. The lowest BCUT2D eigenvalue weighted by atomic mass is 10.1. The van der Waals surface area contributed by atoms with E-state index in [-0.39, 0.29) is 25.7 Å². The molecule has 592 valence electrons. The van der Waals surface area contributed by atoms with E-state index >= 15 is 0 Å². The SMILES string of the molecule is CC/C=C\C/C=C\C/C=C\C/C=C\CCCCCCCCC(=O)OCC(COP(=O)(O)OCC(O)COP(=O)(O)OCC(COC(=O)CCCC/C=C\C/C=C\C/C=C\C/C=C\CC)OC(=O)CCCCCCC/C=C\C/C=C\CCC)OC(=O)CCCCCCCCC/C=C\C/C=C\C/C=C\CC. The molecular weight excluding hydrogens is 1350 g/mol. The first-order chi connectivity index (χ1) is 50.7. The molecule has 0 saturated heterocycles. The Hall–Kier alpha value is -5.32. The Balaban J connectivity index is 5.42. The molecule has 0 bridgehead atoms. The number of aliphatic hydroxyl groups excluding tert-OH is 1. The topological polar surface area (TPSA) is 237 Å². The van der Waals surface area contributed by atoms with E-state index in [4.69, 9.17) is 37.0 Å². The number of esters is 4. The third-order valence-corrected chi connectivity index (χ3v) is 17.9. The number of hydrogen-bond donors (Lipinski definition) is 3. The Morgan fingerprint density at radius 1 is 0.279 bits per heavy atom. The lowest BCUT2D eigenvalue weighted by Gasteiger charge is -2.21. The van der Waals surface area contributed by atoms with Crippen LogP contribution in [0.1, 0.15) is 297 Å². The fourth-order valence-electron chi connectivity index (χ4n) is 10.0. The van der Waals surface area contributed by atoms with E-state index < -0.39 is 97.5 Å². The Kier molecular flexibility index (Phi) is 72.0. The summed E-state index contributed by atoms with van der Waals surface area (Å²) in [6, 6.07) is 0. The number of unbranched alkanes of at least 4 members (excludes halogenated alkanes) is 21. The van der Waals surface area contributed by atoms with Crippen LogP contribution in [0.4, 0.5) is 0 Å². The summed E-state index contributed by atoms with van der Waals surface area (Å²) in [4.78, 5) is 73.0. The molecule has 0 aliphatic carbocycles. The maximum absolute atomic E-state index is 13.1. The first-order valence-corrected chi connectivity index (χ1v) is 42.7. The number of phosphoric acid groups is 2. The number of allylic oxidation sites excluding steroid dienone is 26. The van der Waals surface area contributed by atoms with Crippen LogP contribution < -0.4 is 0 Å². The van der Waals surface area contributed by atoms with E-state index in [0.29, 0.717) is 25.7 Å². The molecule has 0 saturated carbocycles. The molecule has 0 spiro atoms. The summed E-state index contributed by atoms with van der Waals surface area (Å²) in [5, 5.41) is 10.6. The van der Waals surface area contributed by atoms with Crippen LogP contribution >= 0.6 is 15.6 Å². The van der Waals surface area contributed by atoms with E-state index in [1.807, 2.05) is 0 Å². The van der Waals surface area contributed by atoms with Gasteiger partial charge in [0.1, 0.15) is 19.3 Å². The first-order valence-electron chi connectivity index (χ1n) is 39.7. The molecule has 0 fully saturated rings. The van der Waals surface area contributed by atoms with Crippen molar-refractivity contribution < 1.29 is 80.2 Å². The van der Waals surface area contributed by atoms with Gasteiger partial charge in [-0.25, -0.2) is 9.13 Å². The average Bonchev–Trinajstić information content (AvgIpc) is 0.911. The molecular formula is C85H140O17P2. The predicted molar refractivity (Wildman–Crippen MR) is 427 cm³/mol. The number of phosphoric ester groups is 2. The molecule has 19 heteroatoms. The van der Waals surface area contributed by atoms with Gasteiger partial charge < -0.3 is 33.8 Å². The van der Waals surface area contributed by atoms with Gasteiger partial charge >= 0.3 is 39.5 Å². The summed E-state index contributed by atoms with van der Waals surface area (Å²) in [6.45, 7) is 4.38. The van der Waals surface area contributed by atoms with Crippen LogP contribution in [0, 0.1) is 0 Å². The molecule has 0 aromatic rings. The van der Waals surface area contributed by atoms with Gasteiger partial charge in [0.15, 0.2) is 12.2 Å². The van der Waals surface area contributed by atoms with Crippen molar-refractivity contribution in [3.05, 3.63) is 158 Å². The lowest BCUT2D eigenvalue weighted by Crippen LogP contribution is -2.30. The molecule has 0 aromatic carbocycles. The molecule has 0 radical (unpaired) electrons. The minimum atomic E-state index is -5.00. The van der Waals surface area contributed by atoms with Gasteiger partial charge in [0.25, 0.3) is 0 Å². The van der Waals surface area contributed by atoms with Crippen molar-refractivity contribution in [3.63, 3.8) is 0 Å². The fraction of sp³-hybridized carbons (Fsp3) is 0.647. The number of rotatable bonds is 73. The zero-order chi connectivity index (χ0) is 76.0. The van der Waals surface area contributed by atoms with E-state index in [1.165, 1.54) is 0 Å². The van der Waals surface area contributed by atoms with E-state index in [2.05, 4.69) is 186 Å². The Labute approximate surface area is 629 Å². The van der Waals surface area contributed by atoms with Crippen molar-refractivity contribution in [2.45, 2.75) is 316 Å². The molecule has 104 heavy (non-hydrogen) atoms. The van der Waals surface area contributed by atoms with Gasteiger partial charge in [0, 0.05) is 25.7 Å². The summed E-state index contributed by atoms with van der Waals surface area (Å²) in [6.07, 6.45) is 87.9. The molecule has 0 heterocycles. The molecule has 0 aliphatic heterocycles. The van der Waals surface area contributed by atoms with Crippen molar-refractivity contribution >= 4 is 39.5 Å². The number of hydrogen-bond acceptors (Lipinski definition) is 15. The van der Waals surface area contributed by atoms with Gasteiger partial charge in [-0.2, -0.15) is 0 Å². The smallest absolute Gasteiger partial charge is 0.462 e. The molecule has 3 N–H and O–H groups in total. The van der Waals surface area contributed by atoms with Gasteiger partial charge in [-0.15, -0.1) is 0 Å². The highest BCUT2D eigenvalue weighted by Gasteiger charge is 2.30. The van der Waals surface area contributed by atoms with Gasteiger partial charge in [-0.05, 0) is 161 Å². The molecule has 5 atom stereocenters. The Morgan fingerprint density at radius 3 is 0.788 bits per heavy atom. The van der Waals surface area contributed by atoms with Crippen LogP contribution in [0.15, 0.2) is 158 Å². The third-order valence-electron chi connectivity index (χ3n) is 15.9. The third kappa shape index (κ3) is 74.9. The lowest BCUT2D eigenvalue weighted by molar-refractivity contribution is -0.161.